The van der Waals surface area contributed by atoms with Gasteiger partial charge in [-0.3, -0.25) is 5.10 Å². The van der Waals surface area contributed by atoms with E-state index in [9.17, 15) is 0 Å². The Kier molecular flexibility index (Phi) is 3.07. The lowest BCUT2D eigenvalue weighted by atomic mass is 10.2. The highest BCUT2D eigenvalue weighted by Gasteiger charge is 2.10. The third kappa shape index (κ3) is 2.06. The van der Waals surface area contributed by atoms with Crippen LogP contribution in [-0.2, 0) is 6.42 Å². The van der Waals surface area contributed by atoms with Crippen LogP contribution in [0.5, 0.6) is 0 Å². The Labute approximate surface area is 101 Å². The molecule has 5 heteroatoms. The first kappa shape index (κ1) is 10.6. The molecule has 0 fully saturated rings. The average Bonchev–Trinajstić information content (AvgIpc) is 2.70. The number of nitrogens with one attached hydrogen (secondary N) is 1. The molecular weight excluding hydrogens is 277 g/mol. The topological polar surface area (TPSA) is 41.6 Å². The van der Waals surface area contributed by atoms with Gasteiger partial charge in [-0.05, 0) is 28.1 Å². The molecule has 1 heterocycles. The summed E-state index contributed by atoms with van der Waals surface area (Å²) in [5.41, 5.74) is 0.835. The summed E-state index contributed by atoms with van der Waals surface area (Å²) in [7, 11) is 0. The number of benzene rings is 1. The Morgan fingerprint density at radius 3 is 2.93 bits per heavy atom. The summed E-state index contributed by atoms with van der Waals surface area (Å²) in [5.74, 6) is 1.50. The SMILES string of the molecule is CCc1nc(-c2cccc(Br)c2Cl)n[nH]1. The van der Waals surface area contributed by atoms with Gasteiger partial charge in [0.25, 0.3) is 0 Å². The normalized spacial score (nSPS) is 10.6. The van der Waals surface area contributed by atoms with E-state index in [2.05, 4.69) is 31.1 Å². The van der Waals surface area contributed by atoms with Crippen LogP contribution in [0.15, 0.2) is 22.7 Å². The Balaban J connectivity index is 2.49. The molecule has 2 rings (SSSR count). The van der Waals surface area contributed by atoms with Gasteiger partial charge in [0, 0.05) is 16.5 Å². The fourth-order valence-electron chi connectivity index (χ4n) is 1.25. The molecule has 3 nitrogen and oxygen atoms in total. The first-order chi connectivity index (χ1) is 7.22. The van der Waals surface area contributed by atoms with Gasteiger partial charge in [-0.15, -0.1) is 0 Å². The first-order valence-electron chi connectivity index (χ1n) is 4.58. The Morgan fingerprint density at radius 1 is 1.47 bits per heavy atom. The third-order valence-corrected chi connectivity index (χ3v) is 3.36. The minimum absolute atomic E-state index is 0.637. The van der Waals surface area contributed by atoms with Gasteiger partial charge in [-0.25, -0.2) is 4.98 Å². The average molecular weight is 287 g/mol. The van der Waals surface area contributed by atoms with Crippen LogP contribution < -0.4 is 0 Å². The molecule has 0 unspecified atom stereocenters. The van der Waals surface area contributed by atoms with Crippen LogP contribution >= 0.6 is 27.5 Å². The molecule has 0 radical (unpaired) electrons. The molecule has 1 aromatic carbocycles. The van der Waals surface area contributed by atoms with Crippen molar-refractivity contribution >= 4 is 27.5 Å². The second-order valence-electron chi connectivity index (χ2n) is 3.06. The first-order valence-corrected chi connectivity index (χ1v) is 5.75. The quantitative estimate of drug-likeness (QED) is 0.918. The van der Waals surface area contributed by atoms with Crippen LogP contribution in [0.1, 0.15) is 12.7 Å². The number of H-pyrrole nitrogens is 1. The smallest absolute Gasteiger partial charge is 0.182 e. The molecule has 2 aromatic rings. The number of hydrogen-bond acceptors (Lipinski definition) is 2. The van der Waals surface area contributed by atoms with Gasteiger partial charge < -0.3 is 0 Å². The van der Waals surface area contributed by atoms with Gasteiger partial charge in [0.2, 0.25) is 0 Å². The fourth-order valence-corrected chi connectivity index (χ4v) is 1.83. The maximum Gasteiger partial charge on any atom is 0.182 e. The number of aromatic nitrogens is 3. The van der Waals surface area contributed by atoms with Crippen molar-refractivity contribution < 1.29 is 0 Å². The molecule has 0 spiro atoms. The van der Waals surface area contributed by atoms with E-state index in [1.54, 1.807) is 0 Å². The summed E-state index contributed by atoms with van der Waals surface area (Å²) in [6.45, 7) is 2.02. The van der Waals surface area contributed by atoms with Crippen molar-refractivity contribution in [3.05, 3.63) is 33.5 Å². The summed E-state index contributed by atoms with van der Waals surface area (Å²) in [4.78, 5) is 4.33. The maximum absolute atomic E-state index is 6.14. The second kappa shape index (κ2) is 4.33. The molecule has 0 amide bonds. The second-order valence-corrected chi connectivity index (χ2v) is 4.29. The van der Waals surface area contributed by atoms with Crippen LogP contribution in [0.4, 0.5) is 0 Å². The number of aromatic amines is 1. The van der Waals surface area contributed by atoms with Crippen molar-refractivity contribution in [1.29, 1.82) is 0 Å². The largest absolute Gasteiger partial charge is 0.263 e. The van der Waals surface area contributed by atoms with Crippen LogP contribution in [0.3, 0.4) is 0 Å². The van der Waals surface area contributed by atoms with Crippen LogP contribution in [-0.4, -0.2) is 15.2 Å². The fraction of sp³-hybridized carbons (Fsp3) is 0.200. The predicted molar refractivity (Wildman–Crippen MR) is 63.9 cm³/mol. The van der Waals surface area contributed by atoms with Gasteiger partial charge in [-0.2, -0.15) is 5.10 Å². The molecule has 0 bridgehead atoms. The van der Waals surface area contributed by atoms with Gasteiger partial charge in [0.1, 0.15) is 5.82 Å². The van der Waals surface area contributed by atoms with Crippen molar-refractivity contribution in [2.45, 2.75) is 13.3 Å². The number of aryl methyl sites for hydroxylation is 1. The van der Waals surface area contributed by atoms with Crippen LogP contribution in [0, 0.1) is 0 Å². The minimum atomic E-state index is 0.637. The van der Waals surface area contributed by atoms with Crippen LogP contribution in [0.25, 0.3) is 11.4 Å². The highest BCUT2D eigenvalue weighted by atomic mass is 79.9. The third-order valence-electron chi connectivity index (χ3n) is 2.06. The highest BCUT2D eigenvalue weighted by molar-refractivity contribution is 9.10. The molecular formula is C10H9BrClN3. The zero-order valence-corrected chi connectivity index (χ0v) is 10.4. The molecule has 15 heavy (non-hydrogen) atoms. The van der Waals surface area contributed by atoms with Crippen molar-refractivity contribution in [3.63, 3.8) is 0 Å². The summed E-state index contributed by atoms with van der Waals surface area (Å²) in [6.07, 6.45) is 0.832. The van der Waals surface area contributed by atoms with E-state index < -0.39 is 0 Å². The predicted octanol–water partition coefficient (Wildman–Crippen LogP) is 3.45. The molecule has 0 atom stereocenters. The lowest BCUT2D eigenvalue weighted by molar-refractivity contribution is 0.946. The van der Waals surface area contributed by atoms with E-state index in [0.29, 0.717) is 10.8 Å². The van der Waals surface area contributed by atoms with Gasteiger partial charge >= 0.3 is 0 Å². The van der Waals surface area contributed by atoms with Crippen LogP contribution in [0.2, 0.25) is 5.02 Å². The van der Waals surface area contributed by atoms with Crippen molar-refractivity contribution in [3.8, 4) is 11.4 Å². The number of hydrogen-bond donors (Lipinski definition) is 1. The minimum Gasteiger partial charge on any atom is -0.263 e. The van der Waals surface area contributed by atoms with Gasteiger partial charge in [-0.1, -0.05) is 24.6 Å². The number of nitrogens with zero attached hydrogens (tertiary/aromatic N) is 2. The molecule has 0 aliphatic carbocycles. The van der Waals surface area contributed by atoms with Crippen molar-refractivity contribution in [2.75, 3.05) is 0 Å². The van der Waals surface area contributed by atoms with Gasteiger partial charge in [0.05, 0.1) is 5.02 Å². The zero-order chi connectivity index (χ0) is 10.8. The Hall–Kier alpha value is -0.870. The Morgan fingerprint density at radius 2 is 2.27 bits per heavy atom. The van der Waals surface area contributed by atoms with E-state index in [0.717, 1.165) is 22.3 Å². The number of rotatable bonds is 2. The monoisotopic (exact) mass is 285 g/mol. The van der Waals surface area contributed by atoms with E-state index in [1.807, 2.05) is 25.1 Å². The van der Waals surface area contributed by atoms with E-state index >= 15 is 0 Å². The van der Waals surface area contributed by atoms with Gasteiger partial charge in [0.15, 0.2) is 5.82 Å². The Bertz CT molecular complexity index is 481. The lowest BCUT2D eigenvalue weighted by Gasteiger charge is -2.00. The molecule has 0 aliphatic rings. The zero-order valence-electron chi connectivity index (χ0n) is 8.09. The summed E-state index contributed by atoms with van der Waals surface area (Å²) < 4.78 is 0.851. The molecule has 78 valence electrons. The highest BCUT2D eigenvalue weighted by Crippen LogP contribution is 2.31. The molecule has 1 N–H and O–H groups in total. The summed E-state index contributed by atoms with van der Waals surface area (Å²) >= 11 is 9.51. The summed E-state index contributed by atoms with van der Waals surface area (Å²) in [5, 5.41) is 7.62. The number of halogens is 2. The molecule has 0 aliphatic heterocycles. The van der Waals surface area contributed by atoms with E-state index in [-0.39, 0.29) is 0 Å². The maximum atomic E-state index is 6.14. The molecule has 1 aromatic heterocycles. The summed E-state index contributed by atoms with van der Waals surface area (Å²) in [6, 6.07) is 5.70. The standard InChI is InChI=1S/C10H9BrClN3/c1-2-8-13-10(15-14-8)6-4-3-5-7(11)9(6)12/h3-5H,2H2,1H3,(H,13,14,15). The molecule has 0 saturated heterocycles. The van der Waals surface area contributed by atoms with Crippen molar-refractivity contribution in [2.24, 2.45) is 0 Å². The lowest BCUT2D eigenvalue weighted by Crippen LogP contribution is -1.84. The van der Waals surface area contributed by atoms with Crippen molar-refractivity contribution in [1.82, 2.24) is 15.2 Å². The van der Waals surface area contributed by atoms with E-state index in [1.165, 1.54) is 0 Å². The van der Waals surface area contributed by atoms with E-state index in [4.69, 9.17) is 11.6 Å². The molecule has 0 saturated carbocycles.